The van der Waals surface area contributed by atoms with E-state index in [1.807, 2.05) is 0 Å². The molecule has 53 heavy (non-hydrogen) atoms. The highest BCUT2D eigenvalue weighted by Crippen LogP contribution is 2.28. The molecule has 21 heteroatoms. The van der Waals surface area contributed by atoms with E-state index in [0.29, 0.717) is 22.4 Å². The highest BCUT2D eigenvalue weighted by atomic mass is 19.2. The first-order valence-electron chi connectivity index (χ1n) is 15.1. The Labute approximate surface area is 299 Å². The first kappa shape index (κ1) is 40.2. The van der Waals surface area contributed by atoms with Crippen LogP contribution in [-0.4, -0.2) is 60.0 Å². The lowest BCUT2D eigenvalue weighted by Crippen LogP contribution is -2.26. The van der Waals surface area contributed by atoms with Gasteiger partial charge in [-0.05, 0) is 64.1 Å². The minimum atomic E-state index is -2.29. The summed E-state index contributed by atoms with van der Waals surface area (Å²) in [6.07, 6.45) is 0.792. The van der Waals surface area contributed by atoms with E-state index in [1.165, 1.54) is 52.1 Å². The quantitative estimate of drug-likeness (QED) is 0.0309. The standard InChI is InChI=1S/C32H35F4N15O2/c1-13(46-42-5)17-6-19(15(3)48-50-31(38)39)10-21(8-17)44-29(52)23-25(33)24(27(35)28(36)26(23)34)30(53)45-22-9-18(14(2)47-43-12-37)7-20(11-22)16(4)49-51-32(40)41/h6-12,42H,1-5H3,(H2,37,43)(H,44,52)(H,45,53)(H4,38,39,50)(H4,40,41,51)/b46-13+,47-14-,48-15-,49-16-. The number of amides is 2. The minimum absolute atomic E-state index is 0.0877. The summed E-state index contributed by atoms with van der Waals surface area (Å²) in [5.74, 6) is -12.8. The Kier molecular flexibility index (Phi) is 13.4. The van der Waals surface area contributed by atoms with Gasteiger partial charge < -0.3 is 27.5 Å². The van der Waals surface area contributed by atoms with Gasteiger partial charge >= 0.3 is 0 Å². The highest BCUT2D eigenvalue weighted by molar-refractivity contribution is 6.12. The second kappa shape index (κ2) is 17.6. The molecule has 0 saturated heterocycles. The molecule has 0 aliphatic heterocycles. The molecule has 2 amide bonds. The van der Waals surface area contributed by atoms with Crippen molar-refractivity contribution in [1.29, 1.82) is 16.2 Å². The molecule has 3 rings (SSSR count). The zero-order chi connectivity index (χ0) is 39.6. The average molecular weight is 738 g/mol. The van der Waals surface area contributed by atoms with Gasteiger partial charge in [-0.2, -0.15) is 20.4 Å². The van der Waals surface area contributed by atoms with E-state index in [-0.39, 0.29) is 34.1 Å². The van der Waals surface area contributed by atoms with Gasteiger partial charge in [-0.1, -0.05) is 0 Å². The Balaban J connectivity index is 2.12. The predicted molar refractivity (Wildman–Crippen MR) is 195 cm³/mol. The van der Waals surface area contributed by atoms with Gasteiger partial charge in [0.2, 0.25) is 11.9 Å². The number of anilines is 2. The zero-order valence-corrected chi connectivity index (χ0v) is 28.8. The van der Waals surface area contributed by atoms with Crippen LogP contribution >= 0.6 is 0 Å². The van der Waals surface area contributed by atoms with E-state index < -0.39 is 58.1 Å². The second-order valence-corrected chi connectivity index (χ2v) is 10.8. The Morgan fingerprint density at radius 3 is 1.30 bits per heavy atom. The lowest BCUT2D eigenvalue weighted by molar-refractivity contribution is 0.101. The van der Waals surface area contributed by atoms with Crippen molar-refractivity contribution in [3.63, 3.8) is 0 Å². The van der Waals surface area contributed by atoms with Crippen LogP contribution in [0.15, 0.2) is 56.8 Å². The van der Waals surface area contributed by atoms with Crippen LogP contribution in [0.1, 0.15) is 70.7 Å². The smallest absolute Gasteiger partial charge is 0.261 e. The molecular weight excluding hydrogens is 702 g/mol. The molecule has 278 valence electrons. The van der Waals surface area contributed by atoms with Crippen molar-refractivity contribution >= 4 is 64.3 Å². The molecule has 13 N–H and O–H groups in total. The Hall–Kier alpha value is -7.19. The molecule has 0 aliphatic carbocycles. The Bertz CT molecular complexity index is 2110. The first-order valence-corrected chi connectivity index (χ1v) is 15.1. The van der Waals surface area contributed by atoms with Crippen LogP contribution in [0.25, 0.3) is 0 Å². The van der Waals surface area contributed by atoms with Crippen molar-refractivity contribution in [2.45, 2.75) is 27.7 Å². The third-order valence-corrected chi connectivity index (χ3v) is 7.03. The molecule has 0 radical (unpaired) electrons. The van der Waals surface area contributed by atoms with Crippen molar-refractivity contribution in [3.8, 4) is 0 Å². The highest BCUT2D eigenvalue weighted by Gasteiger charge is 2.33. The molecule has 3 aromatic carbocycles. The number of hydrazone groups is 4. The number of nitrogens with zero attached hydrogens (tertiary/aromatic N) is 4. The van der Waals surface area contributed by atoms with Crippen molar-refractivity contribution in [3.05, 3.63) is 93.0 Å². The molecule has 3 aromatic rings. The summed E-state index contributed by atoms with van der Waals surface area (Å²) in [7, 11) is 1.54. The van der Waals surface area contributed by atoms with Crippen LogP contribution in [0, 0.1) is 39.5 Å². The van der Waals surface area contributed by atoms with Crippen LogP contribution in [0.5, 0.6) is 0 Å². The van der Waals surface area contributed by atoms with E-state index >= 15 is 13.2 Å². The van der Waals surface area contributed by atoms with Gasteiger partial charge in [-0.25, -0.2) is 28.4 Å². The van der Waals surface area contributed by atoms with Gasteiger partial charge in [-0.15, -0.1) is 0 Å². The van der Waals surface area contributed by atoms with Gasteiger partial charge in [0.25, 0.3) is 11.8 Å². The number of carbonyl (C=O) groups excluding carboxylic acids is 2. The van der Waals surface area contributed by atoms with E-state index in [9.17, 15) is 14.0 Å². The maximum absolute atomic E-state index is 15.9. The number of hydrogen-bond donors (Lipinski definition) is 11. The fourth-order valence-corrected chi connectivity index (χ4v) is 4.50. The molecule has 0 aromatic heterocycles. The number of halogens is 4. The molecule has 0 atom stereocenters. The zero-order valence-electron chi connectivity index (χ0n) is 28.8. The van der Waals surface area contributed by atoms with Crippen LogP contribution in [0.4, 0.5) is 28.9 Å². The van der Waals surface area contributed by atoms with Gasteiger partial charge in [0.05, 0.1) is 29.2 Å². The fraction of sp³-hybridized carbons (Fsp3) is 0.156. The predicted octanol–water partition coefficient (Wildman–Crippen LogP) is 3.03. The van der Waals surface area contributed by atoms with Crippen LogP contribution < -0.4 is 43.8 Å². The molecule has 0 saturated carbocycles. The SMILES string of the molecule is CN/N=C(\C)c1cc(NC(=O)c2c(F)c(F)c(F)c(C(=O)Nc3cc(/C(C)=N\NC=N)cc(/C(C)=N\NC(=N)N)c3)c2F)cc(/C(C)=N\NC(=N)N)c1. The van der Waals surface area contributed by atoms with E-state index in [2.05, 4.69) is 52.7 Å². The summed E-state index contributed by atoms with van der Waals surface area (Å²) in [6.45, 7) is 6.18. The molecule has 0 unspecified atom stereocenters. The molecule has 0 spiro atoms. The number of rotatable bonds is 13. The maximum Gasteiger partial charge on any atom is 0.261 e. The van der Waals surface area contributed by atoms with Gasteiger partial charge in [0, 0.05) is 40.7 Å². The van der Waals surface area contributed by atoms with E-state index in [4.69, 9.17) is 27.7 Å². The number of hydrogen-bond acceptors (Lipinski definition) is 10. The molecule has 0 bridgehead atoms. The van der Waals surface area contributed by atoms with Gasteiger partial charge in [0.15, 0.2) is 23.3 Å². The molecule has 17 nitrogen and oxygen atoms in total. The number of carbonyl (C=O) groups is 2. The maximum atomic E-state index is 15.9. The van der Waals surface area contributed by atoms with Crippen molar-refractivity contribution in [2.75, 3.05) is 17.7 Å². The van der Waals surface area contributed by atoms with Crippen LogP contribution in [0.2, 0.25) is 0 Å². The lowest BCUT2D eigenvalue weighted by Gasteiger charge is -2.15. The number of nitrogens with one attached hydrogen (secondary N) is 9. The fourth-order valence-electron chi connectivity index (χ4n) is 4.50. The summed E-state index contributed by atoms with van der Waals surface area (Å²) < 4.78 is 61.2. The summed E-state index contributed by atoms with van der Waals surface area (Å²) in [6, 6.07) is 8.48. The normalized spacial score (nSPS) is 12.1. The van der Waals surface area contributed by atoms with Crippen molar-refractivity contribution < 1.29 is 27.2 Å². The summed E-state index contributed by atoms with van der Waals surface area (Å²) >= 11 is 0. The summed E-state index contributed by atoms with van der Waals surface area (Å²) in [4.78, 5) is 26.7. The largest absolute Gasteiger partial charge is 0.369 e. The molecular formula is C32H35F4N15O2. The van der Waals surface area contributed by atoms with Crippen molar-refractivity contribution in [1.82, 2.24) is 21.7 Å². The Morgan fingerprint density at radius 1 is 0.604 bits per heavy atom. The Morgan fingerprint density at radius 2 is 0.962 bits per heavy atom. The van der Waals surface area contributed by atoms with Crippen LogP contribution in [-0.2, 0) is 0 Å². The third-order valence-electron chi connectivity index (χ3n) is 7.03. The first-order chi connectivity index (χ1) is 25.0. The molecule has 0 aliphatic rings. The molecule has 0 heterocycles. The number of guanidine groups is 2. The number of benzene rings is 3. The third kappa shape index (κ3) is 10.2. The van der Waals surface area contributed by atoms with E-state index in [0.717, 1.165) is 6.34 Å². The summed E-state index contributed by atoms with van der Waals surface area (Å²) in [5.41, 5.74) is 19.1. The second-order valence-electron chi connectivity index (χ2n) is 10.8. The summed E-state index contributed by atoms with van der Waals surface area (Å²) in [5, 5.41) is 42.1. The van der Waals surface area contributed by atoms with Crippen LogP contribution in [0.3, 0.4) is 0 Å². The van der Waals surface area contributed by atoms with Crippen molar-refractivity contribution in [2.24, 2.45) is 31.9 Å². The number of nitrogens with two attached hydrogens (primary N) is 2. The monoisotopic (exact) mass is 737 g/mol. The minimum Gasteiger partial charge on any atom is -0.369 e. The van der Waals surface area contributed by atoms with E-state index in [1.54, 1.807) is 19.1 Å². The van der Waals surface area contributed by atoms with Gasteiger partial charge in [-0.3, -0.25) is 31.2 Å². The topological polar surface area (TPSA) is 279 Å². The molecule has 0 fully saturated rings. The average Bonchev–Trinajstić information content (AvgIpc) is 3.10. The lowest BCUT2D eigenvalue weighted by atomic mass is 10.0. The van der Waals surface area contributed by atoms with Gasteiger partial charge in [0.1, 0.15) is 11.1 Å².